The Morgan fingerprint density at radius 3 is 2.52 bits per heavy atom. The molecule has 0 radical (unpaired) electrons. The van der Waals surface area contributed by atoms with Gasteiger partial charge in [0.2, 0.25) is 0 Å². The largest absolute Gasteiger partial charge is 0.493 e. The molecule has 0 saturated carbocycles. The first kappa shape index (κ1) is 17.3. The van der Waals surface area contributed by atoms with E-state index in [2.05, 4.69) is 17.2 Å². The van der Waals surface area contributed by atoms with Gasteiger partial charge in [0.05, 0.1) is 19.0 Å². The third-order valence-corrected chi connectivity index (χ3v) is 5.08. The first-order valence-electron chi connectivity index (χ1n) is 9.30. The summed E-state index contributed by atoms with van der Waals surface area (Å²) in [4.78, 5) is 15.2. The fourth-order valence-corrected chi connectivity index (χ4v) is 3.71. The molecule has 1 unspecified atom stereocenters. The van der Waals surface area contributed by atoms with Gasteiger partial charge in [-0.1, -0.05) is 48.5 Å². The number of methoxy groups -OCH3 is 1. The van der Waals surface area contributed by atoms with E-state index in [0.717, 1.165) is 31.5 Å². The summed E-state index contributed by atoms with van der Waals surface area (Å²) in [6, 6.07) is 20.3. The summed E-state index contributed by atoms with van der Waals surface area (Å²) >= 11 is 0. The number of carbonyl (C=O) groups excluding carboxylic acids is 1. The highest BCUT2D eigenvalue weighted by atomic mass is 16.5. The minimum absolute atomic E-state index is 0.0556. The van der Waals surface area contributed by atoms with Crippen LogP contribution >= 0.6 is 0 Å². The van der Waals surface area contributed by atoms with Crippen molar-refractivity contribution in [3.05, 3.63) is 78.1 Å². The Labute approximate surface area is 159 Å². The molecular weight excluding hydrogens is 338 g/mol. The summed E-state index contributed by atoms with van der Waals surface area (Å²) in [6.07, 6.45) is 4.67. The van der Waals surface area contributed by atoms with E-state index in [0.29, 0.717) is 11.4 Å². The Bertz CT molecular complexity index is 906. The Balaban J connectivity index is 1.59. The van der Waals surface area contributed by atoms with Gasteiger partial charge in [-0.25, -0.2) is 4.68 Å². The van der Waals surface area contributed by atoms with E-state index in [4.69, 9.17) is 4.74 Å². The van der Waals surface area contributed by atoms with E-state index in [9.17, 15) is 4.79 Å². The lowest BCUT2D eigenvalue weighted by atomic mass is 10.0. The highest BCUT2D eigenvalue weighted by molar-refractivity contribution is 5.95. The van der Waals surface area contributed by atoms with Crippen LogP contribution in [0.1, 0.15) is 28.9 Å². The molecule has 0 bridgehead atoms. The number of aromatic nitrogens is 2. The normalized spacial score (nSPS) is 16.5. The van der Waals surface area contributed by atoms with Gasteiger partial charge in [0.15, 0.2) is 11.4 Å². The molecule has 0 N–H and O–H groups in total. The fraction of sp³-hybridized carbons (Fsp3) is 0.273. The standard InChI is InChI=1S/C22H23N3O2/c1-27-20-16-25(18-11-6-3-7-12-18)23-21(20)22(26)24-14-8-13-19(24)15-17-9-4-2-5-10-17/h2-7,9-12,16,19H,8,13-15H2,1H3. The SMILES string of the molecule is COc1cn(-c2ccccc2)nc1C(=O)N1CCCC1Cc1ccccc1. The van der Waals surface area contributed by atoms with Gasteiger partial charge >= 0.3 is 0 Å². The molecule has 2 heterocycles. The summed E-state index contributed by atoms with van der Waals surface area (Å²) in [7, 11) is 1.58. The van der Waals surface area contributed by atoms with Crippen molar-refractivity contribution in [3.8, 4) is 11.4 Å². The van der Waals surface area contributed by atoms with Crippen LogP contribution in [-0.4, -0.2) is 40.3 Å². The molecule has 0 spiro atoms. The van der Waals surface area contributed by atoms with Crippen molar-refractivity contribution in [3.63, 3.8) is 0 Å². The van der Waals surface area contributed by atoms with Crippen LogP contribution in [0.2, 0.25) is 0 Å². The Kier molecular flexibility index (Phi) is 4.92. The number of hydrogen-bond acceptors (Lipinski definition) is 3. The molecule has 1 aliphatic rings. The predicted molar refractivity (Wildman–Crippen MR) is 104 cm³/mol. The van der Waals surface area contributed by atoms with Gasteiger partial charge in [0.25, 0.3) is 5.91 Å². The summed E-state index contributed by atoms with van der Waals surface area (Å²) in [6.45, 7) is 0.762. The molecule has 1 amide bonds. The fourth-order valence-electron chi connectivity index (χ4n) is 3.71. The van der Waals surface area contributed by atoms with Gasteiger partial charge in [-0.05, 0) is 37.0 Å². The van der Waals surface area contributed by atoms with Gasteiger partial charge in [-0.3, -0.25) is 4.79 Å². The highest BCUT2D eigenvalue weighted by Crippen LogP contribution is 2.27. The Morgan fingerprint density at radius 1 is 1.11 bits per heavy atom. The lowest BCUT2D eigenvalue weighted by molar-refractivity contribution is 0.0726. The third kappa shape index (κ3) is 3.58. The zero-order valence-electron chi connectivity index (χ0n) is 15.4. The summed E-state index contributed by atoms with van der Waals surface area (Å²) < 4.78 is 7.15. The Hall–Kier alpha value is -3.08. The van der Waals surface area contributed by atoms with Crippen molar-refractivity contribution >= 4 is 5.91 Å². The highest BCUT2D eigenvalue weighted by Gasteiger charge is 2.32. The number of amides is 1. The minimum Gasteiger partial charge on any atom is -0.493 e. The number of rotatable bonds is 5. The first-order chi connectivity index (χ1) is 13.3. The van der Waals surface area contributed by atoms with Crippen molar-refractivity contribution in [2.24, 2.45) is 0 Å². The number of hydrogen-bond donors (Lipinski definition) is 0. The quantitative estimate of drug-likeness (QED) is 0.696. The lowest BCUT2D eigenvalue weighted by Gasteiger charge is -2.24. The van der Waals surface area contributed by atoms with Crippen LogP contribution in [-0.2, 0) is 6.42 Å². The Morgan fingerprint density at radius 2 is 1.81 bits per heavy atom. The van der Waals surface area contributed by atoms with E-state index in [1.54, 1.807) is 18.0 Å². The zero-order valence-corrected chi connectivity index (χ0v) is 15.4. The molecule has 138 valence electrons. The molecule has 5 nitrogen and oxygen atoms in total. The third-order valence-electron chi connectivity index (χ3n) is 5.08. The van der Waals surface area contributed by atoms with Crippen molar-refractivity contribution < 1.29 is 9.53 Å². The second-order valence-corrected chi connectivity index (χ2v) is 6.81. The maximum absolute atomic E-state index is 13.2. The maximum atomic E-state index is 13.2. The van der Waals surface area contributed by atoms with Crippen LogP contribution in [0.4, 0.5) is 0 Å². The van der Waals surface area contributed by atoms with Crippen LogP contribution in [0.5, 0.6) is 5.75 Å². The number of carbonyl (C=O) groups is 1. The van der Waals surface area contributed by atoms with Crippen LogP contribution in [0.3, 0.4) is 0 Å². The zero-order chi connectivity index (χ0) is 18.6. The number of ether oxygens (including phenoxy) is 1. The van der Waals surface area contributed by atoms with Crippen LogP contribution < -0.4 is 4.74 Å². The molecule has 5 heteroatoms. The average molecular weight is 361 g/mol. The number of benzene rings is 2. The van der Waals surface area contributed by atoms with Crippen molar-refractivity contribution in [2.75, 3.05) is 13.7 Å². The van der Waals surface area contributed by atoms with Gasteiger partial charge < -0.3 is 9.64 Å². The van der Waals surface area contributed by atoms with Gasteiger partial charge in [-0.15, -0.1) is 0 Å². The lowest BCUT2D eigenvalue weighted by Crippen LogP contribution is -2.37. The number of likely N-dealkylation sites (tertiary alicyclic amines) is 1. The molecule has 0 aliphatic carbocycles. The summed E-state index contributed by atoms with van der Waals surface area (Å²) in [5.41, 5.74) is 2.53. The second kappa shape index (κ2) is 7.66. The molecule has 4 rings (SSSR count). The van der Waals surface area contributed by atoms with E-state index < -0.39 is 0 Å². The molecule has 1 aromatic heterocycles. The molecule has 27 heavy (non-hydrogen) atoms. The van der Waals surface area contributed by atoms with E-state index in [-0.39, 0.29) is 11.9 Å². The monoisotopic (exact) mass is 361 g/mol. The molecule has 2 aromatic carbocycles. The molecule has 1 atom stereocenters. The first-order valence-corrected chi connectivity index (χ1v) is 9.30. The molecule has 1 aliphatic heterocycles. The van der Waals surface area contributed by atoms with E-state index >= 15 is 0 Å². The van der Waals surface area contributed by atoms with E-state index in [1.807, 2.05) is 53.4 Å². The van der Waals surface area contributed by atoms with Crippen molar-refractivity contribution in [1.29, 1.82) is 0 Å². The topological polar surface area (TPSA) is 47.4 Å². The van der Waals surface area contributed by atoms with Gasteiger partial charge in [0, 0.05) is 12.6 Å². The molecule has 1 fully saturated rings. The smallest absolute Gasteiger partial charge is 0.278 e. The average Bonchev–Trinajstić information content (AvgIpc) is 3.36. The number of nitrogens with zero attached hydrogens (tertiary/aromatic N) is 3. The molecule has 3 aromatic rings. The van der Waals surface area contributed by atoms with Crippen LogP contribution in [0, 0.1) is 0 Å². The number of para-hydroxylation sites is 1. The van der Waals surface area contributed by atoms with Crippen molar-refractivity contribution in [2.45, 2.75) is 25.3 Å². The second-order valence-electron chi connectivity index (χ2n) is 6.81. The van der Waals surface area contributed by atoms with Gasteiger partial charge in [-0.2, -0.15) is 5.10 Å². The summed E-state index contributed by atoms with van der Waals surface area (Å²) in [5, 5.41) is 4.54. The van der Waals surface area contributed by atoms with Crippen LogP contribution in [0.25, 0.3) is 5.69 Å². The van der Waals surface area contributed by atoms with E-state index in [1.165, 1.54) is 5.56 Å². The van der Waals surface area contributed by atoms with Crippen LogP contribution in [0.15, 0.2) is 66.9 Å². The molecule has 1 saturated heterocycles. The minimum atomic E-state index is -0.0556. The maximum Gasteiger partial charge on any atom is 0.278 e. The molecular formula is C22H23N3O2. The van der Waals surface area contributed by atoms with Gasteiger partial charge in [0.1, 0.15) is 0 Å². The summed E-state index contributed by atoms with van der Waals surface area (Å²) in [5.74, 6) is 0.453. The van der Waals surface area contributed by atoms with Crippen molar-refractivity contribution in [1.82, 2.24) is 14.7 Å². The predicted octanol–water partition coefficient (Wildman–Crippen LogP) is 3.73.